The molecule has 0 saturated carbocycles. The average Bonchev–Trinajstić information content (AvgIpc) is 2.38. The molecule has 1 aromatic rings. The van der Waals surface area contributed by atoms with Crippen molar-refractivity contribution in [3.8, 4) is 0 Å². The van der Waals surface area contributed by atoms with Gasteiger partial charge >= 0.3 is 0 Å². The van der Waals surface area contributed by atoms with Crippen molar-refractivity contribution < 1.29 is 13.2 Å². The monoisotopic (exact) mass is 266 g/mol. The highest BCUT2D eigenvalue weighted by Crippen LogP contribution is 2.33. The first-order chi connectivity index (χ1) is 8.52. The summed E-state index contributed by atoms with van der Waals surface area (Å²) in [7, 11) is -2.80. The molecular formula is C14H18O3S. The number of hydrogen-bond donors (Lipinski definition) is 0. The third-order valence-corrected chi connectivity index (χ3v) is 5.59. The van der Waals surface area contributed by atoms with Gasteiger partial charge in [-0.2, -0.15) is 0 Å². The summed E-state index contributed by atoms with van der Waals surface area (Å²) in [6, 6.07) is 7.59. The van der Waals surface area contributed by atoms with Crippen LogP contribution in [0.1, 0.15) is 41.6 Å². The second-order valence-corrected chi connectivity index (χ2v) is 7.37. The molecule has 1 fully saturated rings. The minimum Gasteiger partial charge on any atom is -0.298 e. The average molecular weight is 266 g/mol. The van der Waals surface area contributed by atoms with E-state index in [4.69, 9.17) is 0 Å². The lowest BCUT2D eigenvalue weighted by Crippen LogP contribution is -2.26. The van der Waals surface area contributed by atoms with Crippen molar-refractivity contribution in [3.63, 3.8) is 0 Å². The van der Waals surface area contributed by atoms with E-state index >= 15 is 0 Å². The Balaban J connectivity index is 2.11. The lowest BCUT2D eigenvalue weighted by atomic mass is 9.83. The van der Waals surface area contributed by atoms with Crippen LogP contribution >= 0.6 is 0 Å². The maximum Gasteiger partial charge on any atom is 0.150 e. The number of aldehydes is 1. The smallest absolute Gasteiger partial charge is 0.150 e. The van der Waals surface area contributed by atoms with E-state index in [0.29, 0.717) is 28.9 Å². The highest BCUT2D eigenvalue weighted by Gasteiger charge is 2.28. The van der Waals surface area contributed by atoms with Crippen LogP contribution in [0, 0.1) is 5.92 Å². The van der Waals surface area contributed by atoms with E-state index in [-0.39, 0.29) is 0 Å². The van der Waals surface area contributed by atoms with Crippen LogP contribution in [-0.4, -0.2) is 26.2 Å². The lowest BCUT2D eigenvalue weighted by Gasteiger charge is -2.28. The third-order valence-electron chi connectivity index (χ3n) is 3.88. The van der Waals surface area contributed by atoms with Crippen LogP contribution in [0.25, 0.3) is 0 Å². The summed E-state index contributed by atoms with van der Waals surface area (Å²) in [5.41, 5.74) is 1.81. The van der Waals surface area contributed by atoms with Crippen LogP contribution in [-0.2, 0) is 9.84 Å². The first-order valence-electron chi connectivity index (χ1n) is 6.27. The standard InChI is InChI=1S/C14H18O3S/c1-11(13-5-7-18(16,17)8-6-13)14-4-2-3-12(9-14)10-15/h2-4,9-11,13H,5-8H2,1H3. The molecule has 0 aromatic heterocycles. The van der Waals surface area contributed by atoms with Crippen LogP contribution in [0.4, 0.5) is 0 Å². The summed E-state index contributed by atoms with van der Waals surface area (Å²) in [6.07, 6.45) is 2.31. The summed E-state index contributed by atoms with van der Waals surface area (Å²) in [5, 5.41) is 0. The van der Waals surface area contributed by atoms with E-state index in [1.165, 1.54) is 0 Å². The summed E-state index contributed by atoms with van der Waals surface area (Å²) < 4.78 is 22.8. The number of carbonyl (C=O) groups is 1. The summed E-state index contributed by atoms with van der Waals surface area (Å²) in [4.78, 5) is 10.8. The fourth-order valence-electron chi connectivity index (χ4n) is 2.60. The minimum atomic E-state index is -2.80. The molecule has 0 bridgehead atoms. The van der Waals surface area contributed by atoms with Gasteiger partial charge in [0.15, 0.2) is 0 Å². The molecule has 0 radical (unpaired) electrons. The molecule has 1 aliphatic heterocycles. The van der Waals surface area contributed by atoms with Crippen LogP contribution in [0.2, 0.25) is 0 Å². The Morgan fingerprint density at radius 1 is 1.28 bits per heavy atom. The van der Waals surface area contributed by atoms with Gasteiger partial charge in [0.25, 0.3) is 0 Å². The molecule has 3 nitrogen and oxygen atoms in total. The topological polar surface area (TPSA) is 51.2 Å². The number of benzene rings is 1. The molecule has 1 heterocycles. The second kappa shape index (κ2) is 5.22. The van der Waals surface area contributed by atoms with Gasteiger partial charge in [-0.25, -0.2) is 8.42 Å². The number of hydrogen-bond acceptors (Lipinski definition) is 3. The van der Waals surface area contributed by atoms with Gasteiger partial charge in [0, 0.05) is 5.56 Å². The van der Waals surface area contributed by atoms with Gasteiger partial charge in [-0.3, -0.25) is 4.79 Å². The molecule has 18 heavy (non-hydrogen) atoms. The third kappa shape index (κ3) is 2.99. The van der Waals surface area contributed by atoms with Crippen molar-refractivity contribution in [1.82, 2.24) is 0 Å². The fourth-order valence-corrected chi connectivity index (χ4v) is 4.12. The van der Waals surface area contributed by atoms with Crippen molar-refractivity contribution in [1.29, 1.82) is 0 Å². The maximum absolute atomic E-state index is 11.4. The second-order valence-electron chi connectivity index (χ2n) is 5.07. The zero-order valence-corrected chi connectivity index (χ0v) is 11.3. The van der Waals surface area contributed by atoms with Crippen molar-refractivity contribution in [2.45, 2.75) is 25.7 Å². The molecule has 1 atom stereocenters. The summed E-state index contributed by atoms with van der Waals surface area (Å²) >= 11 is 0. The predicted octanol–water partition coefficient (Wildman–Crippen LogP) is 2.43. The van der Waals surface area contributed by atoms with Gasteiger partial charge in [-0.05, 0) is 36.3 Å². The highest BCUT2D eigenvalue weighted by atomic mass is 32.2. The normalized spacial score (nSPS) is 21.4. The quantitative estimate of drug-likeness (QED) is 0.789. The lowest BCUT2D eigenvalue weighted by molar-refractivity contribution is 0.112. The fraction of sp³-hybridized carbons (Fsp3) is 0.500. The Labute approximate surface area is 108 Å². The zero-order chi connectivity index (χ0) is 13.2. The molecule has 4 heteroatoms. The van der Waals surface area contributed by atoms with Gasteiger partial charge in [-0.15, -0.1) is 0 Å². The van der Waals surface area contributed by atoms with Gasteiger partial charge in [0.05, 0.1) is 11.5 Å². The Bertz CT molecular complexity index is 520. The number of sulfone groups is 1. The first kappa shape index (κ1) is 13.3. The van der Waals surface area contributed by atoms with Gasteiger partial charge in [-0.1, -0.05) is 25.1 Å². The SMILES string of the molecule is CC(c1cccc(C=O)c1)C1CCS(=O)(=O)CC1. The van der Waals surface area contributed by atoms with E-state index in [1.54, 1.807) is 6.07 Å². The molecule has 2 rings (SSSR count). The molecule has 98 valence electrons. The van der Waals surface area contributed by atoms with E-state index in [1.807, 2.05) is 18.2 Å². The van der Waals surface area contributed by atoms with E-state index in [2.05, 4.69) is 6.92 Å². The molecule has 0 N–H and O–H groups in total. The molecule has 0 spiro atoms. The number of carbonyl (C=O) groups excluding carboxylic acids is 1. The predicted molar refractivity (Wildman–Crippen MR) is 71.6 cm³/mol. The van der Waals surface area contributed by atoms with Crippen molar-refractivity contribution >= 4 is 16.1 Å². The van der Waals surface area contributed by atoms with E-state index in [9.17, 15) is 13.2 Å². The Hall–Kier alpha value is -1.16. The van der Waals surface area contributed by atoms with Crippen LogP contribution in [0.5, 0.6) is 0 Å². The van der Waals surface area contributed by atoms with Gasteiger partial charge in [0.2, 0.25) is 0 Å². The summed E-state index contributed by atoms with van der Waals surface area (Å²) in [5.74, 6) is 1.31. The van der Waals surface area contributed by atoms with Gasteiger partial charge in [0.1, 0.15) is 16.1 Å². The first-order valence-corrected chi connectivity index (χ1v) is 8.09. The summed E-state index contributed by atoms with van der Waals surface area (Å²) in [6.45, 7) is 2.12. The van der Waals surface area contributed by atoms with Crippen LogP contribution in [0.3, 0.4) is 0 Å². The Morgan fingerprint density at radius 2 is 1.94 bits per heavy atom. The van der Waals surface area contributed by atoms with Crippen molar-refractivity contribution in [2.75, 3.05) is 11.5 Å². The van der Waals surface area contributed by atoms with Crippen molar-refractivity contribution in [3.05, 3.63) is 35.4 Å². The van der Waals surface area contributed by atoms with Crippen LogP contribution < -0.4 is 0 Å². The Morgan fingerprint density at radius 3 is 2.56 bits per heavy atom. The number of rotatable bonds is 3. The minimum absolute atomic E-state index is 0.301. The molecule has 1 saturated heterocycles. The molecular weight excluding hydrogens is 248 g/mol. The molecule has 0 aliphatic carbocycles. The van der Waals surface area contributed by atoms with Crippen molar-refractivity contribution in [2.24, 2.45) is 5.92 Å². The van der Waals surface area contributed by atoms with Crippen LogP contribution in [0.15, 0.2) is 24.3 Å². The van der Waals surface area contributed by atoms with E-state index < -0.39 is 9.84 Å². The molecule has 1 aliphatic rings. The highest BCUT2D eigenvalue weighted by molar-refractivity contribution is 7.91. The zero-order valence-electron chi connectivity index (χ0n) is 10.5. The van der Waals surface area contributed by atoms with Gasteiger partial charge < -0.3 is 0 Å². The molecule has 1 aromatic carbocycles. The largest absolute Gasteiger partial charge is 0.298 e. The van der Waals surface area contributed by atoms with E-state index in [0.717, 1.165) is 24.7 Å². The Kier molecular flexibility index (Phi) is 3.85. The maximum atomic E-state index is 11.4. The molecule has 1 unspecified atom stereocenters. The molecule has 0 amide bonds.